The molecule has 0 aromatic carbocycles. The standard InChI is InChI=1S/C13H12N4O4/c1-21-13(18)10-6-11(17(19)20)12(16-8-10)15-7-9-2-4-14-5-3-9/h2-6,8H,7H2,1H3,(H,15,16). The quantitative estimate of drug-likeness (QED) is 0.507. The smallest absolute Gasteiger partial charge is 0.339 e. The number of hydrogen-bond donors (Lipinski definition) is 1. The van der Waals surface area contributed by atoms with Crippen molar-refractivity contribution in [1.82, 2.24) is 9.97 Å². The minimum absolute atomic E-state index is 0.0265. The molecule has 0 aliphatic heterocycles. The van der Waals surface area contributed by atoms with E-state index in [-0.39, 0.29) is 17.1 Å². The molecule has 0 radical (unpaired) electrons. The summed E-state index contributed by atoms with van der Waals surface area (Å²) < 4.78 is 4.51. The van der Waals surface area contributed by atoms with Gasteiger partial charge in [0, 0.05) is 31.2 Å². The van der Waals surface area contributed by atoms with Crippen LogP contribution in [0.3, 0.4) is 0 Å². The van der Waals surface area contributed by atoms with Gasteiger partial charge in [-0.3, -0.25) is 15.1 Å². The Kier molecular flexibility index (Phi) is 4.39. The third-order valence-electron chi connectivity index (χ3n) is 2.69. The van der Waals surface area contributed by atoms with Crippen molar-refractivity contribution in [3.05, 3.63) is 58.0 Å². The number of anilines is 1. The zero-order valence-electron chi connectivity index (χ0n) is 11.1. The molecule has 0 unspecified atom stereocenters. The molecule has 2 aromatic heterocycles. The topological polar surface area (TPSA) is 107 Å². The Morgan fingerprint density at radius 3 is 2.76 bits per heavy atom. The number of rotatable bonds is 5. The fraction of sp³-hybridized carbons (Fsp3) is 0.154. The first kappa shape index (κ1) is 14.4. The number of hydrogen-bond acceptors (Lipinski definition) is 7. The highest BCUT2D eigenvalue weighted by Gasteiger charge is 2.19. The van der Waals surface area contributed by atoms with Gasteiger partial charge in [-0.05, 0) is 17.7 Å². The van der Waals surface area contributed by atoms with Crippen LogP contribution in [0.15, 0.2) is 36.8 Å². The Morgan fingerprint density at radius 1 is 1.43 bits per heavy atom. The lowest BCUT2D eigenvalue weighted by molar-refractivity contribution is -0.384. The Bertz CT molecular complexity index is 660. The van der Waals surface area contributed by atoms with E-state index in [4.69, 9.17) is 0 Å². The minimum Gasteiger partial charge on any atom is -0.465 e. The van der Waals surface area contributed by atoms with E-state index in [2.05, 4.69) is 20.0 Å². The van der Waals surface area contributed by atoms with Crippen LogP contribution in [0.5, 0.6) is 0 Å². The van der Waals surface area contributed by atoms with E-state index in [0.29, 0.717) is 6.54 Å². The number of nitro groups is 1. The lowest BCUT2D eigenvalue weighted by Gasteiger charge is -2.07. The van der Waals surface area contributed by atoms with Crippen LogP contribution in [0.1, 0.15) is 15.9 Å². The third-order valence-corrected chi connectivity index (χ3v) is 2.69. The Balaban J connectivity index is 2.22. The molecular formula is C13H12N4O4. The summed E-state index contributed by atoms with van der Waals surface area (Å²) in [6.45, 7) is 0.355. The molecule has 0 fully saturated rings. The van der Waals surface area contributed by atoms with Crippen molar-refractivity contribution in [2.75, 3.05) is 12.4 Å². The summed E-state index contributed by atoms with van der Waals surface area (Å²) in [7, 11) is 1.20. The molecule has 0 aliphatic rings. The van der Waals surface area contributed by atoms with E-state index in [1.54, 1.807) is 24.5 Å². The molecular weight excluding hydrogens is 276 g/mol. The lowest BCUT2D eigenvalue weighted by Crippen LogP contribution is -2.08. The van der Waals surface area contributed by atoms with Crippen molar-refractivity contribution in [3.63, 3.8) is 0 Å². The Morgan fingerprint density at radius 2 is 2.14 bits per heavy atom. The molecule has 108 valence electrons. The van der Waals surface area contributed by atoms with E-state index >= 15 is 0 Å². The first-order chi connectivity index (χ1) is 10.1. The van der Waals surface area contributed by atoms with Gasteiger partial charge in [-0.2, -0.15) is 0 Å². The van der Waals surface area contributed by atoms with E-state index in [0.717, 1.165) is 11.6 Å². The number of pyridine rings is 2. The number of ether oxygens (including phenoxy) is 1. The number of methoxy groups -OCH3 is 1. The average molecular weight is 288 g/mol. The highest BCUT2D eigenvalue weighted by molar-refractivity contribution is 5.90. The fourth-order valence-corrected chi connectivity index (χ4v) is 1.64. The largest absolute Gasteiger partial charge is 0.465 e. The van der Waals surface area contributed by atoms with E-state index in [1.165, 1.54) is 13.3 Å². The molecule has 8 nitrogen and oxygen atoms in total. The predicted molar refractivity (Wildman–Crippen MR) is 73.8 cm³/mol. The summed E-state index contributed by atoms with van der Waals surface area (Å²) in [6.07, 6.45) is 4.48. The van der Waals surface area contributed by atoms with Crippen LogP contribution in [0.4, 0.5) is 11.5 Å². The van der Waals surface area contributed by atoms with E-state index in [1.807, 2.05) is 0 Å². The van der Waals surface area contributed by atoms with E-state index in [9.17, 15) is 14.9 Å². The average Bonchev–Trinajstić information content (AvgIpc) is 2.52. The molecule has 0 bridgehead atoms. The molecule has 0 saturated carbocycles. The lowest BCUT2D eigenvalue weighted by atomic mass is 10.2. The summed E-state index contributed by atoms with van der Waals surface area (Å²) in [5, 5.41) is 13.9. The molecule has 2 rings (SSSR count). The molecule has 2 aromatic rings. The van der Waals surface area contributed by atoms with Gasteiger partial charge in [0.05, 0.1) is 17.6 Å². The van der Waals surface area contributed by atoms with Crippen molar-refractivity contribution in [1.29, 1.82) is 0 Å². The van der Waals surface area contributed by atoms with Crippen molar-refractivity contribution in [2.45, 2.75) is 6.54 Å². The normalized spacial score (nSPS) is 9.95. The third kappa shape index (κ3) is 3.50. The Hall–Kier alpha value is -3.03. The molecule has 21 heavy (non-hydrogen) atoms. The summed E-state index contributed by atoms with van der Waals surface area (Å²) in [5.74, 6) is -0.587. The highest BCUT2D eigenvalue weighted by atomic mass is 16.6. The summed E-state index contributed by atoms with van der Waals surface area (Å²) in [6, 6.07) is 4.69. The number of aromatic nitrogens is 2. The molecule has 0 atom stereocenters. The van der Waals surface area contributed by atoms with Crippen molar-refractivity contribution in [2.24, 2.45) is 0 Å². The van der Waals surface area contributed by atoms with E-state index < -0.39 is 10.9 Å². The maximum absolute atomic E-state index is 11.4. The van der Waals surface area contributed by atoms with Crippen LogP contribution < -0.4 is 5.32 Å². The van der Waals surface area contributed by atoms with Crippen molar-refractivity contribution >= 4 is 17.5 Å². The van der Waals surface area contributed by atoms with Gasteiger partial charge < -0.3 is 10.1 Å². The van der Waals surface area contributed by atoms with Crippen LogP contribution in [-0.4, -0.2) is 28.0 Å². The predicted octanol–water partition coefficient (Wildman–Crippen LogP) is 1.78. The summed E-state index contributed by atoms with van der Waals surface area (Å²) in [4.78, 5) is 29.6. The maximum atomic E-state index is 11.4. The van der Waals surface area contributed by atoms with Gasteiger partial charge in [0.15, 0.2) is 0 Å². The van der Waals surface area contributed by atoms with Gasteiger partial charge in [0.1, 0.15) is 0 Å². The molecule has 1 N–H and O–H groups in total. The van der Waals surface area contributed by atoms with Gasteiger partial charge in [-0.25, -0.2) is 9.78 Å². The second kappa shape index (κ2) is 6.42. The Labute approximate surface area is 120 Å². The zero-order chi connectivity index (χ0) is 15.2. The molecule has 0 amide bonds. The number of nitrogens with one attached hydrogen (secondary N) is 1. The van der Waals surface area contributed by atoms with Crippen molar-refractivity contribution < 1.29 is 14.5 Å². The number of nitrogens with zero attached hydrogens (tertiary/aromatic N) is 3. The van der Waals surface area contributed by atoms with Crippen molar-refractivity contribution in [3.8, 4) is 0 Å². The molecule has 0 aliphatic carbocycles. The summed E-state index contributed by atoms with van der Waals surface area (Å²) in [5.41, 5.74) is 0.642. The molecule has 0 saturated heterocycles. The van der Waals surface area contributed by atoms with Crippen LogP contribution in [0.25, 0.3) is 0 Å². The molecule has 0 spiro atoms. The van der Waals surface area contributed by atoms with Gasteiger partial charge in [0.25, 0.3) is 0 Å². The van der Waals surface area contributed by atoms with Crippen LogP contribution in [-0.2, 0) is 11.3 Å². The zero-order valence-corrected chi connectivity index (χ0v) is 11.1. The highest BCUT2D eigenvalue weighted by Crippen LogP contribution is 2.23. The molecule has 2 heterocycles. The van der Waals surface area contributed by atoms with Gasteiger partial charge in [-0.15, -0.1) is 0 Å². The number of esters is 1. The van der Waals surface area contributed by atoms with Gasteiger partial charge in [0.2, 0.25) is 5.82 Å². The second-order valence-electron chi connectivity index (χ2n) is 4.05. The first-order valence-electron chi connectivity index (χ1n) is 5.97. The van der Waals surface area contributed by atoms with Crippen LogP contribution in [0, 0.1) is 10.1 Å². The summed E-state index contributed by atoms with van der Waals surface area (Å²) >= 11 is 0. The van der Waals surface area contributed by atoms with Gasteiger partial charge >= 0.3 is 11.7 Å². The maximum Gasteiger partial charge on any atom is 0.339 e. The van der Waals surface area contributed by atoms with Crippen LogP contribution >= 0.6 is 0 Å². The molecule has 8 heteroatoms. The fourth-order valence-electron chi connectivity index (χ4n) is 1.64. The second-order valence-corrected chi connectivity index (χ2v) is 4.05. The monoisotopic (exact) mass is 288 g/mol. The number of carbonyl (C=O) groups excluding carboxylic acids is 1. The minimum atomic E-state index is -0.675. The number of carbonyl (C=O) groups is 1. The SMILES string of the molecule is COC(=O)c1cnc(NCc2ccncc2)c([N+](=O)[O-])c1. The van der Waals surface area contributed by atoms with Gasteiger partial charge in [-0.1, -0.05) is 0 Å². The van der Waals surface area contributed by atoms with Crippen LogP contribution in [0.2, 0.25) is 0 Å². The first-order valence-corrected chi connectivity index (χ1v) is 5.97.